The molecule has 0 amide bonds. The summed E-state index contributed by atoms with van der Waals surface area (Å²) in [7, 11) is 0. The minimum absolute atomic E-state index is 0.327. The quantitative estimate of drug-likeness (QED) is 0.709. The molecule has 0 fully saturated rings. The van der Waals surface area contributed by atoms with E-state index >= 15 is 0 Å². The largest absolute Gasteiger partial charge is 0.226 e. The van der Waals surface area contributed by atoms with Crippen molar-refractivity contribution < 1.29 is 8.78 Å². The third-order valence-electron chi connectivity index (χ3n) is 1.59. The van der Waals surface area contributed by atoms with Crippen molar-refractivity contribution in [1.82, 2.24) is 4.84 Å². The highest BCUT2D eigenvalue weighted by molar-refractivity contribution is 6.13. The van der Waals surface area contributed by atoms with E-state index in [1.807, 2.05) is 0 Å². The van der Waals surface area contributed by atoms with Gasteiger partial charge < -0.3 is 0 Å². The Bertz CT molecular complexity index is 278. The molecule has 1 atom stereocenters. The van der Waals surface area contributed by atoms with Crippen LogP contribution in [-0.2, 0) is 0 Å². The van der Waals surface area contributed by atoms with Crippen LogP contribution in [0.3, 0.4) is 0 Å². The van der Waals surface area contributed by atoms with Crippen molar-refractivity contribution in [3.63, 3.8) is 0 Å². The normalized spacial score (nSPS) is 13.0. The fourth-order valence-electron chi connectivity index (χ4n) is 0.911. The molecule has 0 bridgehead atoms. The Morgan fingerprint density at radius 1 is 1.42 bits per heavy atom. The van der Waals surface area contributed by atoms with Crippen molar-refractivity contribution in [2.24, 2.45) is 0 Å². The van der Waals surface area contributed by atoms with Gasteiger partial charge in [-0.15, -0.1) is 0 Å². The van der Waals surface area contributed by atoms with Gasteiger partial charge in [-0.1, -0.05) is 6.07 Å². The predicted octanol–water partition coefficient (Wildman–Crippen LogP) is 2.77. The second kappa shape index (κ2) is 3.83. The highest BCUT2D eigenvalue weighted by Crippen LogP contribution is 2.17. The zero-order chi connectivity index (χ0) is 9.14. The van der Waals surface area contributed by atoms with E-state index in [4.69, 9.17) is 11.8 Å². The molecule has 0 aliphatic heterocycles. The maximum absolute atomic E-state index is 12.9. The smallest absolute Gasteiger partial charge is 0.130 e. The molecule has 12 heavy (non-hydrogen) atoms. The molecule has 0 radical (unpaired) electrons. The molecule has 1 rings (SSSR count). The monoisotopic (exact) mass is 191 g/mol. The lowest BCUT2D eigenvalue weighted by Crippen LogP contribution is -2.08. The van der Waals surface area contributed by atoms with Gasteiger partial charge in [0.25, 0.3) is 0 Å². The van der Waals surface area contributed by atoms with Crippen LogP contribution in [0.4, 0.5) is 8.78 Å². The van der Waals surface area contributed by atoms with Gasteiger partial charge in [-0.3, -0.25) is 0 Å². The molecule has 0 aromatic heterocycles. The summed E-state index contributed by atoms with van der Waals surface area (Å²) in [5.41, 5.74) is 0.353. The lowest BCUT2D eigenvalue weighted by atomic mass is 10.1. The Labute approximate surface area is 74.5 Å². The van der Waals surface area contributed by atoms with Gasteiger partial charge in [0.2, 0.25) is 0 Å². The third-order valence-corrected chi connectivity index (χ3v) is 1.92. The number of benzene rings is 1. The first kappa shape index (κ1) is 9.42. The van der Waals surface area contributed by atoms with Crippen LogP contribution >= 0.6 is 11.8 Å². The van der Waals surface area contributed by atoms with Crippen LogP contribution in [0.15, 0.2) is 18.2 Å². The number of nitrogens with one attached hydrogen (secondary N) is 1. The molecule has 66 valence electrons. The topological polar surface area (TPSA) is 12.0 Å². The summed E-state index contributed by atoms with van der Waals surface area (Å²) in [5, 5.41) is 0. The zero-order valence-corrected chi connectivity index (χ0v) is 7.20. The lowest BCUT2D eigenvalue weighted by molar-refractivity contribution is 0.556. The van der Waals surface area contributed by atoms with Crippen molar-refractivity contribution >= 4 is 11.8 Å². The maximum atomic E-state index is 12.9. The molecule has 0 heterocycles. The molecular weight excluding hydrogens is 184 g/mol. The van der Waals surface area contributed by atoms with E-state index in [-0.39, 0.29) is 6.04 Å². The first-order valence-electron chi connectivity index (χ1n) is 3.46. The van der Waals surface area contributed by atoms with Gasteiger partial charge in [-0.05, 0) is 24.8 Å². The van der Waals surface area contributed by atoms with Crippen LogP contribution in [0.1, 0.15) is 18.5 Å². The van der Waals surface area contributed by atoms with Crippen molar-refractivity contribution in [1.29, 1.82) is 0 Å². The molecule has 1 N–H and O–H groups in total. The van der Waals surface area contributed by atoms with Crippen molar-refractivity contribution in [2.45, 2.75) is 13.0 Å². The van der Waals surface area contributed by atoms with Crippen molar-refractivity contribution in [2.75, 3.05) is 0 Å². The van der Waals surface area contributed by atoms with Crippen LogP contribution in [0.2, 0.25) is 0 Å². The van der Waals surface area contributed by atoms with Crippen LogP contribution < -0.4 is 4.84 Å². The van der Waals surface area contributed by atoms with E-state index in [1.165, 1.54) is 12.1 Å². The molecule has 1 unspecified atom stereocenters. The van der Waals surface area contributed by atoms with Crippen LogP contribution in [0.5, 0.6) is 0 Å². The van der Waals surface area contributed by atoms with Gasteiger partial charge in [0.15, 0.2) is 0 Å². The zero-order valence-electron chi connectivity index (χ0n) is 6.44. The van der Waals surface area contributed by atoms with E-state index in [9.17, 15) is 8.78 Å². The van der Waals surface area contributed by atoms with Gasteiger partial charge in [-0.2, -0.15) is 0 Å². The predicted molar refractivity (Wildman–Crippen MR) is 43.8 cm³/mol. The summed E-state index contributed by atoms with van der Waals surface area (Å²) in [6.07, 6.45) is 0. The number of hydrogen-bond acceptors (Lipinski definition) is 1. The van der Waals surface area contributed by atoms with Crippen LogP contribution in [0.25, 0.3) is 0 Å². The SMILES string of the molecule is CC(NCl)c1ccc(F)cc1F. The van der Waals surface area contributed by atoms with Crippen LogP contribution in [0, 0.1) is 11.6 Å². The summed E-state index contributed by atoms with van der Waals surface area (Å²) >= 11 is 5.29. The third kappa shape index (κ3) is 1.93. The second-order valence-electron chi connectivity index (χ2n) is 2.50. The molecule has 1 aromatic carbocycles. The first-order chi connectivity index (χ1) is 5.65. The molecule has 0 saturated heterocycles. The van der Waals surface area contributed by atoms with Gasteiger partial charge in [0.1, 0.15) is 11.6 Å². The summed E-state index contributed by atoms with van der Waals surface area (Å²) in [5.74, 6) is -1.17. The first-order valence-corrected chi connectivity index (χ1v) is 3.84. The van der Waals surface area contributed by atoms with Crippen molar-refractivity contribution in [3.8, 4) is 0 Å². The van der Waals surface area contributed by atoms with E-state index in [1.54, 1.807) is 6.92 Å². The lowest BCUT2D eigenvalue weighted by Gasteiger charge is -2.09. The van der Waals surface area contributed by atoms with Gasteiger partial charge in [-0.25, -0.2) is 13.6 Å². The summed E-state index contributed by atoms with van der Waals surface area (Å²) in [6, 6.07) is 3.07. The van der Waals surface area contributed by atoms with E-state index in [0.29, 0.717) is 5.56 Å². The van der Waals surface area contributed by atoms with Gasteiger partial charge in [0, 0.05) is 17.7 Å². The van der Waals surface area contributed by atoms with Crippen LogP contribution in [-0.4, -0.2) is 0 Å². The Kier molecular flexibility index (Phi) is 3.00. The average Bonchev–Trinajstić information content (AvgIpc) is 2.03. The molecule has 4 heteroatoms. The Morgan fingerprint density at radius 3 is 2.58 bits per heavy atom. The van der Waals surface area contributed by atoms with Gasteiger partial charge >= 0.3 is 0 Å². The summed E-state index contributed by atoms with van der Waals surface area (Å²) < 4.78 is 25.4. The highest BCUT2D eigenvalue weighted by atomic mass is 35.5. The fourth-order valence-corrected chi connectivity index (χ4v) is 1.03. The van der Waals surface area contributed by atoms with E-state index in [0.717, 1.165) is 6.07 Å². The molecule has 0 aliphatic carbocycles. The number of hydrogen-bond donors (Lipinski definition) is 1. The molecule has 1 aromatic rings. The molecule has 0 aliphatic rings. The fraction of sp³-hybridized carbons (Fsp3) is 0.250. The second-order valence-corrected chi connectivity index (χ2v) is 2.71. The van der Waals surface area contributed by atoms with E-state index < -0.39 is 11.6 Å². The summed E-state index contributed by atoms with van der Waals surface area (Å²) in [4.78, 5) is 2.35. The number of halogens is 3. The minimum atomic E-state index is -0.587. The molecule has 0 saturated carbocycles. The van der Waals surface area contributed by atoms with E-state index in [2.05, 4.69) is 4.84 Å². The Hall–Kier alpha value is -0.670. The van der Waals surface area contributed by atoms with Gasteiger partial charge in [0.05, 0.1) is 0 Å². The minimum Gasteiger partial charge on any atom is -0.226 e. The average molecular weight is 192 g/mol. The molecule has 1 nitrogen and oxygen atoms in total. The summed E-state index contributed by atoms with van der Waals surface area (Å²) in [6.45, 7) is 1.68. The molecular formula is C8H8ClF2N. The highest BCUT2D eigenvalue weighted by Gasteiger charge is 2.09. The maximum Gasteiger partial charge on any atom is 0.130 e. The number of rotatable bonds is 2. The van der Waals surface area contributed by atoms with Crippen molar-refractivity contribution in [3.05, 3.63) is 35.4 Å². The Balaban J connectivity index is 3.01. The Morgan fingerprint density at radius 2 is 2.08 bits per heavy atom. The standard InChI is InChI=1S/C8H8ClF2N/c1-5(12-9)7-3-2-6(10)4-8(7)11/h2-5,12H,1H3. The molecule has 0 spiro atoms.